The third-order valence-corrected chi connectivity index (χ3v) is 6.46. The molecular formula is C25H32N4O4. The third-order valence-electron chi connectivity index (χ3n) is 6.46. The minimum atomic E-state index is -0.687. The maximum Gasteiger partial charge on any atom is 0.321 e. The van der Waals surface area contributed by atoms with Crippen molar-refractivity contribution in [3.8, 4) is 5.75 Å². The molecule has 0 saturated heterocycles. The third kappa shape index (κ3) is 4.53. The van der Waals surface area contributed by atoms with E-state index in [9.17, 15) is 15.1 Å². The lowest BCUT2D eigenvalue weighted by Crippen LogP contribution is -2.41. The van der Waals surface area contributed by atoms with Gasteiger partial charge in [0, 0.05) is 35.7 Å². The van der Waals surface area contributed by atoms with Crippen LogP contribution >= 0.6 is 0 Å². The molecule has 1 aliphatic carbocycles. The van der Waals surface area contributed by atoms with E-state index < -0.39 is 11.5 Å². The molecule has 0 spiro atoms. The van der Waals surface area contributed by atoms with E-state index in [1.807, 2.05) is 57.6 Å². The predicted octanol–water partition coefficient (Wildman–Crippen LogP) is 4.17. The van der Waals surface area contributed by atoms with E-state index in [-0.39, 0.29) is 23.6 Å². The zero-order chi connectivity index (χ0) is 23.9. The lowest BCUT2D eigenvalue weighted by Gasteiger charge is -2.42. The molecule has 1 amide bonds. The number of amides is 1. The topological polar surface area (TPSA) is 103 Å². The predicted molar refractivity (Wildman–Crippen MR) is 126 cm³/mol. The molecule has 1 saturated carbocycles. The van der Waals surface area contributed by atoms with Gasteiger partial charge in [-0.25, -0.2) is 0 Å². The first kappa shape index (κ1) is 23.0. The Morgan fingerprint density at radius 2 is 2.09 bits per heavy atom. The highest BCUT2D eigenvalue weighted by Gasteiger charge is 2.40. The number of benzene rings is 1. The first-order chi connectivity index (χ1) is 15.6. The number of carbonyl (C=O) groups excluding carboxylic acids is 1. The van der Waals surface area contributed by atoms with E-state index in [4.69, 9.17) is 9.84 Å². The first-order valence-corrected chi connectivity index (χ1v) is 11.5. The molecule has 8 nitrogen and oxygen atoms in total. The van der Waals surface area contributed by atoms with E-state index in [0.29, 0.717) is 28.5 Å². The van der Waals surface area contributed by atoms with Crippen LogP contribution in [0, 0.1) is 11.1 Å². The van der Waals surface area contributed by atoms with Crippen LogP contribution in [0.1, 0.15) is 75.6 Å². The van der Waals surface area contributed by atoms with E-state index in [2.05, 4.69) is 5.32 Å². The summed E-state index contributed by atoms with van der Waals surface area (Å²) in [5.41, 5.74) is 1.14. The van der Waals surface area contributed by atoms with Crippen LogP contribution in [0.2, 0.25) is 0 Å². The van der Waals surface area contributed by atoms with E-state index in [0.717, 1.165) is 23.7 Å². The molecule has 33 heavy (non-hydrogen) atoms. The summed E-state index contributed by atoms with van der Waals surface area (Å²) in [5, 5.41) is 31.3. The van der Waals surface area contributed by atoms with Crippen molar-refractivity contribution in [2.24, 2.45) is 5.92 Å². The van der Waals surface area contributed by atoms with Crippen LogP contribution in [0.25, 0.3) is 10.9 Å². The van der Waals surface area contributed by atoms with Crippen molar-refractivity contribution in [2.75, 3.05) is 11.9 Å². The van der Waals surface area contributed by atoms with Crippen molar-refractivity contribution in [3.63, 3.8) is 0 Å². The number of carbonyl (C=O) groups is 1. The Balaban J connectivity index is 1.61. The number of anilines is 1. The fourth-order valence-corrected chi connectivity index (χ4v) is 4.31. The van der Waals surface area contributed by atoms with Gasteiger partial charge in [-0.3, -0.25) is 9.48 Å². The summed E-state index contributed by atoms with van der Waals surface area (Å²) in [6.45, 7) is 9.82. The largest absolute Gasteiger partial charge is 0.618 e. The van der Waals surface area contributed by atoms with Gasteiger partial charge in [0.15, 0.2) is 5.69 Å². The Morgan fingerprint density at radius 3 is 2.73 bits per heavy atom. The van der Waals surface area contributed by atoms with Crippen molar-refractivity contribution in [3.05, 3.63) is 53.1 Å². The molecular weight excluding hydrogens is 420 g/mol. The van der Waals surface area contributed by atoms with E-state index >= 15 is 0 Å². The Hall–Kier alpha value is -3.13. The van der Waals surface area contributed by atoms with Crippen LogP contribution < -0.4 is 14.8 Å². The maximum absolute atomic E-state index is 13.0. The maximum atomic E-state index is 13.0. The molecule has 3 aromatic rings. The standard InChI is InChI=1S/C25H32N4O4/c1-6-33-23-13-19-16(14-28(27-19)18-11-17(12-18)25(4,5)31)10-20(23)26-24(30)22-9-7-8-21(15(2)3)29(22)32/h7-10,13-15,17-18,31H,6,11-12H2,1-5H3,(H,26,30). The average Bonchev–Trinajstić information content (AvgIpc) is 3.08. The molecule has 0 bridgehead atoms. The highest BCUT2D eigenvalue weighted by atomic mass is 16.5. The molecule has 0 aliphatic heterocycles. The number of aromatic nitrogens is 3. The highest BCUT2D eigenvalue weighted by molar-refractivity contribution is 6.04. The van der Waals surface area contributed by atoms with Crippen molar-refractivity contribution in [1.82, 2.24) is 9.78 Å². The molecule has 2 aromatic heterocycles. The second kappa shape index (κ2) is 8.67. The number of aliphatic hydroxyl groups is 1. The highest BCUT2D eigenvalue weighted by Crippen LogP contribution is 2.44. The summed E-state index contributed by atoms with van der Waals surface area (Å²) in [6.07, 6.45) is 3.70. The van der Waals surface area contributed by atoms with Gasteiger partial charge < -0.3 is 20.4 Å². The molecule has 1 fully saturated rings. The minimum absolute atomic E-state index is 0.000985. The lowest BCUT2D eigenvalue weighted by molar-refractivity contribution is -0.617. The summed E-state index contributed by atoms with van der Waals surface area (Å²) in [5.74, 6) is 0.263. The molecule has 0 atom stereocenters. The van der Waals surface area contributed by atoms with Gasteiger partial charge >= 0.3 is 5.91 Å². The number of nitrogens with zero attached hydrogens (tertiary/aromatic N) is 3. The van der Waals surface area contributed by atoms with Gasteiger partial charge in [-0.15, -0.1) is 0 Å². The summed E-state index contributed by atoms with van der Waals surface area (Å²) in [6, 6.07) is 8.84. The summed E-state index contributed by atoms with van der Waals surface area (Å²) in [4.78, 5) is 13.0. The van der Waals surface area contributed by atoms with Crippen LogP contribution in [-0.4, -0.2) is 33.0 Å². The fourth-order valence-electron chi connectivity index (χ4n) is 4.31. The van der Waals surface area contributed by atoms with Crippen molar-refractivity contribution >= 4 is 22.5 Å². The van der Waals surface area contributed by atoms with Crippen molar-refractivity contribution in [1.29, 1.82) is 0 Å². The van der Waals surface area contributed by atoms with Crippen LogP contribution in [0.4, 0.5) is 5.69 Å². The van der Waals surface area contributed by atoms with Gasteiger partial charge in [0.05, 0.1) is 29.5 Å². The number of hydrogen-bond donors (Lipinski definition) is 2. The molecule has 0 radical (unpaired) electrons. The van der Waals surface area contributed by atoms with Gasteiger partial charge in [0.25, 0.3) is 5.69 Å². The molecule has 2 N–H and O–H groups in total. The lowest BCUT2D eigenvalue weighted by atomic mass is 9.71. The Labute approximate surface area is 193 Å². The Kier molecular flexibility index (Phi) is 6.05. The molecule has 4 rings (SSSR count). The quantitative estimate of drug-likeness (QED) is 0.414. The van der Waals surface area contributed by atoms with Crippen molar-refractivity contribution in [2.45, 2.75) is 65.0 Å². The van der Waals surface area contributed by atoms with Crippen LogP contribution in [0.3, 0.4) is 0 Å². The van der Waals surface area contributed by atoms with E-state index in [1.54, 1.807) is 12.1 Å². The summed E-state index contributed by atoms with van der Waals surface area (Å²) < 4.78 is 8.39. The normalized spacial score (nSPS) is 18.4. The number of hydrogen-bond acceptors (Lipinski definition) is 5. The van der Waals surface area contributed by atoms with Crippen LogP contribution in [-0.2, 0) is 0 Å². The Morgan fingerprint density at radius 1 is 1.36 bits per heavy atom. The molecule has 2 heterocycles. The molecule has 176 valence electrons. The first-order valence-electron chi connectivity index (χ1n) is 11.5. The molecule has 8 heteroatoms. The molecule has 1 aromatic carbocycles. The zero-order valence-electron chi connectivity index (χ0n) is 19.8. The number of nitrogens with one attached hydrogen (secondary N) is 1. The van der Waals surface area contributed by atoms with Gasteiger partial charge in [-0.2, -0.15) is 9.83 Å². The molecule has 0 unspecified atom stereocenters. The molecule has 1 aliphatic rings. The van der Waals surface area contributed by atoms with Gasteiger partial charge in [-0.05, 0) is 51.7 Å². The van der Waals surface area contributed by atoms with Crippen molar-refractivity contribution < 1.29 is 19.4 Å². The summed E-state index contributed by atoms with van der Waals surface area (Å²) >= 11 is 0. The second-order valence-electron chi connectivity index (χ2n) is 9.66. The average molecular weight is 453 g/mol. The number of fused-ring (bicyclic) bond motifs is 1. The smallest absolute Gasteiger partial charge is 0.321 e. The number of pyridine rings is 1. The van der Waals surface area contributed by atoms with Gasteiger partial charge in [0.1, 0.15) is 5.75 Å². The zero-order valence-corrected chi connectivity index (χ0v) is 19.8. The van der Waals surface area contributed by atoms with E-state index in [1.165, 1.54) is 6.07 Å². The Bertz CT molecular complexity index is 1170. The second-order valence-corrected chi connectivity index (χ2v) is 9.66. The van der Waals surface area contributed by atoms with Gasteiger partial charge in [-0.1, -0.05) is 13.8 Å². The number of ether oxygens (including phenoxy) is 1. The van der Waals surface area contributed by atoms with Crippen LogP contribution in [0.5, 0.6) is 5.75 Å². The minimum Gasteiger partial charge on any atom is -0.618 e. The monoisotopic (exact) mass is 452 g/mol. The number of rotatable bonds is 7. The summed E-state index contributed by atoms with van der Waals surface area (Å²) in [7, 11) is 0. The fraction of sp³-hybridized carbons (Fsp3) is 0.480. The van der Waals surface area contributed by atoms with Gasteiger partial charge in [0.2, 0.25) is 0 Å². The SMILES string of the molecule is CCOc1cc2nn(C3CC(C(C)(C)O)C3)cc2cc1NC(=O)c1cccc(C(C)C)[n+]1[O-]. The van der Waals surface area contributed by atoms with Crippen LogP contribution in [0.15, 0.2) is 36.5 Å².